The Morgan fingerprint density at radius 2 is 1.79 bits per heavy atom. The maximum absolute atomic E-state index is 6.34. The molecule has 0 saturated carbocycles. The minimum absolute atomic E-state index is 0.600. The first kappa shape index (κ1) is 12.3. The summed E-state index contributed by atoms with van der Waals surface area (Å²) in [4.78, 5) is 0. The summed E-state index contributed by atoms with van der Waals surface area (Å²) >= 11 is 6.34. The van der Waals surface area contributed by atoms with Crippen LogP contribution in [0.4, 0.5) is 0 Å². The van der Waals surface area contributed by atoms with Crippen LogP contribution in [0.25, 0.3) is 22.0 Å². The highest BCUT2D eigenvalue weighted by Crippen LogP contribution is 2.34. The van der Waals surface area contributed by atoms with E-state index in [1.54, 1.807) is 0 Å². The lowest BCUT2D eigenvalue weighted by molar-refractivity contribution is 0.736. The van der Waals surface area contributed by atoms with Crippen molar-refractivity contribution in [3.63, 3.8) is 0 Å². The Hall–Kier alpha value is -1.77. The van der Waals surface area contributed by atoms with E-state index in [1.165, 1.54) is 16.5 Å². The third kappa shape index (κ3) is 2.14. The Morgan fingerprint density at radius 1 is 1.00 bits per heavy atom. The monoisotopic (exact) mass is 270 g/mol. The van der Waals surface area contributed by atoms with E-state index in [1.807, 2.05) is 30.3 Å². The first-order chi connectivity index (χ1) is 9.31. The summed E-state index contributed by atoms with van der Waals surface area (Å²) in [7, 11) is 0. The first-order valence-electron chi connectivity index (χ1n) is 6.34. The molecular formula is C16H15ClN2. The van der Waals surface area contributed by atoms with Crippen molar-refractivity contribution in [2.45, 2.75) is 6.54 Å². The molecule has 0 spiro atoms. The first-order valence-corrected chi connectivity index (χ1v) is 6.72. The van der Waals surface area contributed by atoms with Crippen molar-refractivity contribution >= 4 is 22.5 Å². The predicted molar refractivity (Wildman–Crippen MR) is 81.4 cm³/mol. The molecule has 0 aliphatic rings. The molecule has 0 aliphatic heterocycles. The molecule has 2 aromatic carbocycles. The number of para-hydroxylation sites is 1. The number of hydrogen-bond donors (Lipinski definition) is 1. The molecule has 96 valence electrons. The Kier molecular flexibility index (Phi) is 3.28. The van der Waals surface area contributed by atoms with Gasteiger partial charge in [-0.05, 0) is 11.6 Å². The van der Waals surface area contributed by atoms with Crippen LogP contribution in [0.5, 0.6) is 0 Å². The van der Waals surface area contributed by atoms with Crippen molar-refractivity contribution in [1.82, 2.24) is 4.57 Å². The number of aromatic nitrogens is 1. The standard InChI is InChI=1S/C16H15ClN2/c17-15-8-4-7-13-14(12-5-2-1-3-6-12)11-19(10-9-18)16(13)15/h1-8,11H,9-10,18H2. The molecule has 2 N–H and O–H groups in total. The molecule has 0 atom stereocenters. The van der Waals surface area contributed by atoms with Crippen molar-refractivity contribution in [2.75, 3.05) is 6.54 Å². The van der Waals surface area contributed by atoms with E-state index in [0.29, 0.717) is 6.54 Å². The van der Waals surface area contributed by atoms with Gasteiger partial charge in [0.15, 0.2) is 0 Å². The summed E-state index contributed by atoms with van der Waals surface area (Å²) in [5, 5.41) is 1.94. The van der Waals surface area contributed by atoms with Crippen molar-refractivity contribution in [2.24, 2.45) is 5.73 Å². The minimum atomic E-state index is 0.600. The Morgan fingerprint density at radius 3 is 2.53 bits per heavy atom. The van der Waals surface area contributed by atoms with Gasteiger partial charge in [-0.15, -0.1) is 0 Å². The predicted octanol–water partition coefficient (Wildman–Crippen LogP) is 3.92. The fraction of sp³-hybridized carbons (Fsp3) is 0.125. The van der Waals surface area contributed by atoms with Crippen LogP contribution in [0.3, 0.4) is 0 Å². The smallest absolute Gasteiger partial charge is 0.0676 e. The number of halogens is 1. The summed E-state index contributed by atoms with van der Waals surface area (Å²) < 4.78 is 2.14. The van der Waals surface area contributed by atoms with Gasteiger partial charge in [0.1, 0.15) is 0 Å². The fourth-order valence-electron chi connectivity index (χ4n) is 2.48. The number of benzene rings is 2. The lowest BCUT2D eigenvalue weighted by Gasteiger charge is -2.03. The van der Waals surface area contributed by atoms with Gasteiger partial charge in [0, 0.05) is 30.2 Å². The second-order valence-electron chi connectivity index (χ2n) is 4.53. The van der Waals surface area contributed by atoms with Crippen LogP contribution in [0, 0.1) is 0 Å². The molecule has 0 radical (unpaired) electrons. The molecule has 1 aromatic heterocycles. The Labute approximate surface area is 117 Å². The zero-order valence-corrected chi connectivity index (χ0v) is 11.3. The van der Waals surface area contributed by atoms with E-state index in [0.717, 1.165) is 17.1 Å². The molecule has 0 aliphatic carbocycles. The highest BCUT2D eigenvalue weighted by atomic mass is 35.5. The zero-order valence-electron chi connectivity index (χ0n) is 10.5. The fourth-order valence-corrected chi connectivity index (χ4v) is 2.76. The third-order valence-corrected chi connectivity index (χ3v) is 3.61. The van der Waals surface area contributed by atoms with Crippen molar-refractivity contribution in [3.8, 4) is 11.1 Å². The molecular weight excluding hydrogens is 256 g/mol. The lowest BCUT2D eigenvalue weighted by Crippen LogP contribution is -2.08. The van der Waals surface area contributed by atoms with E-state index >= 15 is 0 Å². The van der Waals surface area contributed by atoms with Crippen LogP contribution in [-0.4, -0.2) is 11.1 Å². The summed E-state index contributed by atoms with van der Waals surface area (Å²) in [6.45, 7) is 1.37. The van der Waals surface area contributed by atoms with Crippen LogP contribution in [0.15, 0.2) is 54.7 Å². The van der Waals surface area contributed by atoms with Gasteiger partial charge in [-0.3, -0.25) is 0 Å². The molecule has 3 heteroatoms. The topological polar surface area (TPSA) is 30.9 Å². The van der Waals surface area contributed by atoms with E-state index in [9.17, 15) is 0 Å². The van der Waals surface area contributed by atoms with Gasteiger partial charge in [-0.25, -0.2) is 0 Å². The van der Waals surface area contributed by atoms with E-state index in [2.05, 4.69) is 29.0 Å². The molecule has 3 rings (SSSR count). The molecule has 0 fully saturated rings. The summed E-state index contributed by atoms with van der Waals surface area (Å²) in [5.41, 5.74) is 9.15. The van der Waals surface area contributed by atoms with Crippen LogP contribution in [-0.2, 0) is 6.54 Å². The maximum atomic E-state index is 6.34. The highest BCUT2D eigenvalue weighted by molar-refractivity contribution is 6.35. The van der Waals surface area contributed by atoms with Gasteiger partial charge in [0.25, 0.3) is 0 Å². The minimum Gasteiger partial charge on any atom is -0.344 e. The zero-order chi connectivity index (χ0) is 13.2. The van der Waals surface area contributed by atoms with E-state index < -0.39 is 0 Å². The average molecular weight is 271 g/mol. The Balaban J connectivity index is 2.29. The quantitative estimate of drug-likeness (QED) is 0.768. The summed E-state index contributed by atoms with van der Waals surface area (Å²) in [6.07, 6.45) is 2.14. The molecule has 0 unspecified atom stereocenters. The van der Waals surface area contributed by atoms with Crippen LogP contribution >= 0.6 is 11.6 Å². The average Bonchev–Trinajstić information content (AvgIpc) is 2.81. The maximum Gasteiger partial charge on any atom is 0.0676 e. The van der Waals surface area contributed by atoms with Gasteiger partial charge >= 0.3 is 0 Å². The summed E-state index contributed by atoms with van der Waals surface area (Å²) in [5.74, 6) is 0. The number of rotatable bonds is 3. The second-order valence-corrected chi connectivity index (χ2v) is 4.93. The van der Waals surface area contributed by atoms with Crippen LogP contribution < -0.4 is 5.73 Å². The molecule has 0 amide bonds. The van der Waals surface area contributed by atoms with Gasteiger partial charge in [-0.2, -0.15) is 0 Å². The highest BCUT2D eigenvalue weighted by Gasteiger charge is 2.11. The second kappa shape index (κ2) is 5.08. The van der Waals surface area contributed by atoms with Crippen LogP contribution in [0.1, 0.15) is 0 Å². The van der Waals surface area contributed by atoms with Gasteiger partial charge in [0.05, 0.1) is 10.5 Å². The molecule has 0 saturated heterocycles. The number of nitrogens with zero attached hydrogens (tertiary/aromatic N) is 1. The van der Waals surface area contributed by atoms with E-state index in [4.69, 9.17) is 17.3 Å². The van der Waals surface area contributed by atoms with E-state index in [-0.39, 0.29) is 0 Å². The largest absolute Gasteiger partial charge is 0.344 e. The van der Waals surface area contributed by atoms with Crippen molar-refractivity contribution in [3.05, 3.63) is 59.8 Å². The van der Waals surface area contributed by atoms with Crippen molar-refractivity contribution < 1.29 is 0 Å². The number of hydrogen-bond acceptors (Lipinski definition) is 1. The molecule has 0 bridgehead atoms. The third-order valence-electron chi connectivity index (χ3n) is 3.30. The molecule has 3 aromatic rings. The SMILES string of the molecule is NCCn1cc(-c2ccccc2)c2cccc(Cl)c21. The number of nitrogens with two attached hydrogens (primary N) is 1. The van der Waals surface area contributed by atoms with Crippen LogP contribution in [0.2, 0.25) is 5.02 Å². The van der Waals surface area contributed by atoms with Gasteiger partial charge in [-0.1, -0.05) is 54.1 Å². The Bertz CT molecular complexity index is 701. The lowest BCUT2D eigenvalue weighted by atomic mass is 10.1. The van der Waals surface area contributed by atoms with Gasteiger partial charge in [0.2, 0.25) is 0 Å². The summed E-state index contributed by atoms with van der Waals surface area (Å²) in [6, 6.07) is 16.4. The normalized spacial score (nSPS) is 11.1. The van der Waals surface area contributed by atoms with Crippen molar-refractivity contribution in [1.29, 1.82) is 0 Å². The number of fused-ring (bicyclic) bond motifs is 1. The molecule has 1 heterocycles. The molecule has 19 heavy (non-hydrogen) atoms. The molecule has 2 nitrogen and oxygen atoms in total. The van der Waals surface area contributed by atoms with Gasteiger partial charge < -0.3 is 10.3 Å².